The van der Waals surface area contributed by atoms with Gasteiger partial charge in [-0.05, 0) is 56.2 Å². The van der Waals surface area contributed by atoms with Gasteiger partial charge in [-0.2, -0.15) is 0 Å². The Kier molecular flexibility index (Phi) is 6.28. The second-order valence-electron chi connectivity index (χ2n) is 4.65. The summed E-state index contributed by atoms with van der Waals surface area (Å²) >= 11 is 0. The molecule has 1 heterocycles. The second kappa shape index (κ2) is 7.50. The Balaban J connectivity index is 0.000000686. The summed E-state index contributed by atoms with van der Waals surface area (Å²) in [5.41, 5.74) is 1.51. The third kappa shape index (κ3) is 3.32. The minimum Gasteiger partial charge on any atom is -0.316 e. The lowest BCUT2D eigenvalue weighted by atomic mass is 9.86. The Morgan fingerprint density at radius 3 is 2.65 bits per heavy atom. The van der Waals surface area contributed by atoms with E-state index in [1.165, 1.54) is 31.5 Å². The molecule has 1 aliphatic heterocycles. The van der Waals surface area contributed by atoms with Crippen molar-refractivity contribution in [1.82, 2.24) is 5.32 Å². The first-order valence-electron chi connectivity index (χ1n) is 7.03. The van der Waals surface area contributed by atoms with Crippen LogP contribution in [0.3, 0.4) is 0 Å². The first kappa shape index (κ1) is 14.2. The lowest BCUT2D eigenvalue weighted by Gasteiger charge is -2.19. The monoisotopic (exact) mass is 233 g/mol. The number of nitrogens with one attached hydrogen (secondary N) is 1. The van der Waals surface area contributed by atoms with Crippen molar-refractivity contribution in [2.75, 3.05) is 13.1 Å². The summed E-state index contributed by atoms with van der Waals surface area (Å²) in [5, 5.41) is 3.52. The molecule has 2 rings (SSSR count). The lowest BCUT2D eigenvalue weighted by Crippen LogP contribution is -2.17. The molecule has 3 atom stereocenters. The predicted molar refractivity (Wildman–Crippen MR) is 77.0 cm³/mol. The minimum atomic E-state index is 0.784. The van der Waals surface area contributed by atoms with Crippen LogP contribution in [0.25, 0.3) is 0 Å². The van der Waals surface area contributed by atoms with Crippen molar-refractivity contribution in [2.45, 2.75) is 33.6 Å². The summed E-state index contributed by atoms with van der Waals surface area (Å²) in [6.07, 6.45) is 11.2. The highest BCUT2D eigenvalue weighted by atomic mass is 14.9. The van der Waals surface area contributed by atoms with Crippen molar-refractivity contribution < 1.29 is 0 Å². The van der Waals surface area contributed by atoms with Crippen LogP contribution in [0.1, 0.15) is 33.6 Å². The van der Waals surface area contributed by atoms with Crippen LogP contribution in [0, 0.1) is 17.8 Å². The fourth-order valence-electron chi connectivity index (χ4n) is 3.17. The highest BCUT2D eigenvalue weighted by Crippen LogP contribution is 2.43. The van der Waals surface area contributed by atoms with Crippen LogP contribution in [0.15, 0.2) is 36.5 Å². The van der Waals surface area contributed by atoms with Crippen LogP contribution in [0.2, 0.25) is 0 Å². The molecule has 0 aromatic carbocycles. The number of hydrogen-bond donors (Lipinski definition) is 1. The van der Waals surface area contributed by atoms with E-state index in [0.29, 0.717) is 0 Å². The molecule has 2 unspecified atom stereocenters. The molecule has 1 saturated carbocycles. The molecule has 0 bridgehead atoms. The summed E-state index contributed by atoms with van der Waals surface area (Å²) in [6.45, 7) is 12.3. The first-order valence-corrected chi connectivity index (χ1v) is 7.03. The molecular weight excluding hydrogens is 206 g/mol. The van der Waals surface area contributed by atoms with Crippen LogP contribution in [-0.2, 0) is 0 Å². The van der Waals surface area contributed by atoms with Gasteiger partial charge in [-0.25, -0.2) is 0 Å². The van der Waals surface area contributed by atoms with Crippen molar-refractivity contribution in [3.8, 4) is 0 Å². The Hall–Kier alpha value is -0.820. The van der Waals surface area contributed by atoms with Gasteiger partial charge in [0.1, 0.15) is 0 Å². The van der Waals surface area contributed by atoms with Gasteiger partial charge in [0, 0.05) is 0 Å². The van der Waals surface area contributed by atoms with E-state index in [0.717, 1.165) is 17.8 Å². The van der Waals surface area contributed by atoms with Crippen LogP contribution >= 0.6 is 0 Å². The minimum absolute atomic E-state index is 0.784. The molecule has 1 saturated heterocycles. The largest absolute Gasteiger partial charge is 0.316 e. The summed E-state index contributed by atoms with van der Waals surface area (Å²) < 4.78 is 0. The van der Waals surface area contributed by atoms with Crippen molar-refractivity contribution in [1.29, 1.82) is 0 Å². The van der Waals surface area contributed by atoms with E-state index in [9.17, 15) is 0 Å². The molecule has 2 fully saturated rings. The van der Waals surface area contributed by atoms with Gasteiger partial charge in [-0.3, -0.25) is 0 Å². The van der Waals surface area contributed by atoms with E-state index < -0.39 is 0 Å². The summed E-state index contributed by atoms with van der Waals surface area (Å²) in [6, 6.07) is 0. The third-order valence-corrected chi connectivity index (χ3v) is 3.94. The summed E-state index contributed by atoms with van der Waals surface area (Å²) in [7, 11) is 0. The predicted octanol–water partition coefficient (Wildman–Crippen LogP) is 3.95. The molecular formula is C16H27N. The van der Waals surface area contributed by atoms with E-state index in [2.05, 4.69) is 37.0 Å². The molecule has 1 nitrogen and oxygen atoms in total. The molecule has 96 valence electrons. The SMILES string of the molecule is C=C/C=C\C(=C/C)[C@H]1CCC2CNCC21.CC. The maximum atomic E-state index is 3.73. The fourth-order valence-corrected chi connectivity index (χ4v) is 3.17. The average molecular weight is 233 g/mol. The summed E-state index contributed by atoms with van der Waals surface area (Å²) in [5.74, 6) is 2.60. The third-order valence-electron chi connectivity index (χ3n) is 3.94. The highest BCUT2D eigenvalue weighted by Gasteiger charge is 2.39. The highest BCUT2D eigenvalue weighted by molar-refractivity contribution is 5.26. The fraction of sp³-hybridized carbons (Fsp3) is 0.625. The van der Waals surface area contributed by atoms with Crippen LogP contribution in [0.5, 0.6) is 0 Å². The maximum Gasteiger partial charge on any atom is -0.00114 e. The van der Waals surface area contributed by atoms with Crippen LogP contribution in [0.4, 0.5) is 0 Å². The zero-order chi connectivity index (χ0) is 12.7. The van der Waals surface area contributed by atoms with Gasteiger partial charge in [-0.15, -0.1) is 0 Å². The molecule has 0 radical (unpaired) electrons. The van der Waals surface area contributed by atoms with Gasteiger partial charge in [0.25, 0.3) is 0 Å². The van der Waals surface area contributed by atoms with E-state index in [4.69, 9.17) is 0 Å². The second-order valence-corrected chi connectivity index (χ2v) is 4.65. The molecule has 2 aliphatic rings. The standard InChI is InChI=1S/C14H21N.C2H6/c1-3-5-6-11(4-2)13-8-7-12-9-15-10-14(12)13;1-2/h3-6,12-15H,1,7-10H2,2H3;1-2H3/b6-5-,11-4+;/t12?,13-,14?;/m1./s1. The van der Waals surface area contributed by atoms with E-state index in [1.807, 2.05) is 19.9 Å². The number of fused-ring (bicyclic) bond motifs is 1. The van der Waals surface area contributed by atoms with Crippen molar-refractivity contribution in [3.05, 3.63) is 36.5 Å². The smallest absolute Gasteiger partial charge is 0.00114 e. The van der Waals surface area contributed by atoms with Gasteiger partial charge in [0.15, 0.2) is 0 Å². The van der Waals surface area contributed by atoms with Gasteiger partial charge < -0.3 is 5.32 Å². The molecule has 17 heavy (non-hydrogen) atoms. The van der Waals surface area contributed by atoms with Crippen molar-refractivity contribution >= 4 is 0 Å². The summed E-state index contributed by atoms with van der Waals surface area (Å²) in [4.78, 5) is 0. The van der Waals surface area contributed by atoms with E-state index in [-0.39, 0.29) is 0 Å². The lowest BCUT2D eigenvalue weighted by molar-refractivity contribution is 0.425. The van der Waals surface area contributed by atoms with E-state index in [1.54, 1.807) is 0 Å². The molecule has 0 spiro atoms. The maximum absolute atomic E-state index is 3.73. The number of rotatable bonds is 3. The van der Waals surface area contributed by atoms with Gasteiger partial charge in [-0.1, -0.05) is 44.7 Å². The molecule has 0 amide bonds. The van der Waals surface area contributed by atoms with Crippen molar-refractivity contribution in [2.24, 2.45) is 17.8 Å². The Morgan fingerprint density at radius 1 is 1.24 bits per heavy atom. The Labute approximate surface area is 107 Å². The molecule has 1 aliphatic carbocycles. The van der Waals surface area contributed by atoms with Crippen LogP contribution in [-0.4, -0.2) is 13.1 Å². The molecule has 0 aromatic rings. The van der Waals surface area contributed by atoms with Gasteiger partial charge >= 0.3 is 0 Å². The molecule has 0 aromatic heterocycles. The average Bonchev–Trinajstić information content (AvgIpc) is 2.96. The quantitative estimate of drug-likeness (QED) is 0.728. The van der Waals surface area contributed by atoms with Crippen molar-refractivity contribution in [3.63, 3.8) is 0 Å². The zero-order valence-electron chi connectivity index (χ0n) is 11.6. The Morgan fingerprint density at radius 2 is 2.00 bits per heavy atom. The Bertz CT molecular complexity index is 288. The zero-order valence-corrected chi connectivity index (χ0v) is 11.6. The van der Waals surface area contributed by atoms with Gasteiger partial charge in [0.2, 0.25) is 0 Å². The van der Waals surface area contributed by atoms with E-state index >= 15 is 0 Å². The topological polar surface area (TPSA) is 12.0 Å². The van der Waals surface area contributed by atoms with Gasteiger partial charge in [0.05, 0.1) is 0 Å². The first-order chi connectivity index (χ1) is 8.36. The number of hydrogen-bond acceptors (Lipinski definition) is 1. The molecule has 1 heteroatoms. The molecule has 1 N–H and O–H groups in total. The van der Waals surface area contributed by atoms with Crippen LogP contribution < -0.4 is 5.32 Å². The normalized spacial score (nSPS) is 32.2. The number of allylic oxidation sites excluding steroid dienone is 5.